The van der Waals surface area contributed by atoms with Crippen molar-refractivity contribution in [3.63, 3.8) is 0 Å². The summed E-state index contributed by atoms with van der Waals surface area (Å²) in [5.41, 5.74) is 0. The molecule has 3 heteroatoms. The molecule has 1 aromatic heterocycles. The fourth-order valence-corrected chi connectivity index (χ4v) is 1.59. The van der Waals surface area contributed by atoms with Crippen LogP contribution in [0.1, 0.15) is 0 Å². The first-order valence-electron chi connectivity index (χ1n) is 3.06. The van der Waals surface area contributed by atoms with Gasteiger partial charge < -0.3 is 0 Å². The van der Waals surface area contributed by atoms with Crippen molar-refractivity contribution in [2.75, 3.05) is 6.54 Å². The van der Waals surface area contributed by atoms with Crippen LogP contribution in [0.2, 0.25) is 0 Å². The molecule has 1 aliphatic heterocycles. The molecule has 0 aliphatic carbocycles. The molecule has 0 radical (unpaired) electrons. The number of aliphatic imine (C=N–C) groups is 1. The molecule has 1 aromatic rings. The largest absolute Gasteiger partial charge is 0.268 e. The van der Waals surface area contributed by atoms with Gasteiger partial charge in [0.05, 0.1) is 6.54 Å². The van der Waals surface area contributed by atoms with E-state index in [0.29, 0.717) is 6.54 Å². The number of thiophene rings is 1. The van der Waals surface area contributed by atoms with E-state index in [2.05, 4.69) is 9.98 Å². The molecular formula is C7H6N2S. The molecule has 2 rings (SSSR count). The highest BCUT2D eigenvalue weighted by atomic mass is 32.1. The first kappa shape index (κ1) is 5.80. The van der Waals surface area contributed by atoms with Gasteiger partial charge in [0.25, 0.3) is 0 Å². The summed E-state index contributed by atoms with van der Waals surface area (Å²) in [5, 5.41) is 3.17. The van der Waals surface area contributed by atoms with Crippen molar-refractivity contribution in [3.8, 4) is 0 Å². The lowest BCUT2D eigenvalue weighted by atomic mass is 10.5. The molecule has 0 saturated heterocycles. The van der Waals surface area contributed by atoms with Gasteiger partial charge >= 0.3 is 0 Å². The lowest BCUT2D eigenvalue weighted by molar-refractivity contribution is 1.24. The fourth-order valence-electron chi connectivity index (χ4n) is 0.842. The molecule has 0 fully saturated rings. The van der Waals surface area contributed by atoms with Gasteiger partial charge in [0, 0.05) is 17.6 Å². The Labute approximate surface area is 62.3 Å². The van der Waals surface area contributed by atoms with Crippen LogP contribution in [0.25, 0.3) is 6.20 Å². The molecule has 0 spiro atoms. The molecule has 10 heavy (non-hydrogen) atoms. The molecule has 2 nitrogen and oxygen atoms in total. The van der Waals surface area contributed by atoms with Crippen molar-refractivity contribution in [2.24, 2.45) is 9.98 Å². The van der Waals surface area contributed by atoms with Crippen molar-refractivity contribution >= 4 is 23.8 Å². The number of rotatable bonds is 0. The third-order valence-electron chi connectivity index (χ3n) is 1.31. The van der Waals surface area contributed by atoms with Gasteiger partial charge in [-0.15, -0.1) is 11.3 Å². The Kier molecular flexibility index (Phi) is 1.36. The summed E-state index contributed by atoms with van der Waals surface area (Å²) < 4.78 is 1.09. The van der Waals surface area contributed by atoms with Crippen molar-refractivity contribution in [2.45, 2.75) is 0 Å². The van der Waals surface area contributed by atoms with E-state index in [1.807, 2.05) is 23.9 Å². The maximum atomic E-state index is 4.28. The first-order chi connectivity index (χ1) is 4.97. The summed E-state index contributed by atoms with van der Waals surface area (Å²) in [5.74, 6) is 0. The summed E-state index contributed by atoms with van der Waals surface area (Å²) in [6.07, 6.45) is 3.66. The zero-order valence-corrected chi connectivity index (χ0v) is 6.14. The quantitative estimate of drug-likeness (QED) is 0.504. The maximum Gasteiger partial charge on any atom is 0.119 e. The van der Waals surface area contributed by atoms with Gasteiger partial charge in [0.1, 0.15) is 4.67 Å². The highest BCUT2D eigenvalue weighted by molar-refractivity contribution is 7.07. The number of fused-ring (bicyclic) bond motifs is 1. The molecule has 0 aromatic carbocycles. The van der Waals surface area contributed by atoms with Gasteiger partial charge in [-0.25, -0.2) is 0 Å². The molecule has 1 aliphatic rings. The van der Waals surface area contributed by atoms with Crippen molar-refractivity contribution in [3.05, 3.63) is 21.3 Å². The zero-order chi connectivity index (χ0) is 6.81. The van der Waals surface area contributed by atoms with Gasteiger partial charge in [0.15, 0.2) is 0 Å². The molecular weight excluding hydrogens is 144 g/mol. The Balaban J connectivity index is 2.82. The average molecular weight is 150 g/mol. The van der Waals surface area contributed by atoms with E-state index in [1.54, 1.807) is 11.3 Å². The van der Waals surface area contributed by atoms with Gasteiger partial charge in [-0.2, -0.15) is 0 Å². The van der Waals surface area contributed by atoms with Gasteiger partial charge in [0.2, 0.25) is 0 Å². The topological polar surface area (TPSA) is 24.7 Å². The predicted molar refractivity (Wildman–Crippen MR) is 42.9 cm³/mol. The number of hydrogen-bond acceptors (Lipinski definition) is 3. The second-order valence-corrected chi connectivity index (χ2v) is 2.88. The SMILES string of the molecule is C1=NC=c2ccsc2=NC1. The minimum absolute atomic E-state index is 0.712. The second-order valence-electron chi connectivity index (χ2n) is 1.98. The van der Waals surface area contributed by atoms with Crippen LogP contribution in [-0.2, 0) is 0 Å². The normalized spacial score (nSPS) is 14.8. The minimum atomic E-state index is 0.712. The van der Waals surface area contributed by atoms with Crippen LogP contribution in [0.5, 0.6) is 0 Å². The third-order valence-corrected chi connectivity index (χ3v) is 2.17. The fraction of sp³-hybridized carbons (Fsp3) is 0.143. The second kappa shape index (κ2) is 2.34. The zero-order valence-electron chi connectivity index (χ0n) is 5.32. The molecule has 0 atom stereocenters. The first-order valence-corrected chi connectivity index (χ1v) is 3.94. The molecule has 2 heterocycles. The van der Waals surface area contributed by atoms with E-state index >= 15 is 0 Å². The van der Waals surface area contributed by atoms with E-state index in [-0.39, 0.29) is 0 Å². The smallest absolute Gasteiger partial charge is 0.119 e. The Bertz CT molecular complexity index is 361. The van der Waals surface area contributed by atoms with E-state index in [4.69, 9.17) is 0 Å². The van der Waals surface area contributed by atoms with E-state index in [0.717, 1.165) is 9.89 Å². The predicted octanol–water partition coefficient (Wildman–Crippen LogP) is 0.190. The Morgan fingerprint density at radius 2 is 2.50 bits per heavy atom. The number of hydrogen-bond donors (Lipinski definition) is 0. The standard InChI is InChI=1S/C7H6N2S/c1-4-10-7-6(1)5-8-2-3-9-7/h1-2,4-5H,3H2. The lowest BCUT2D eigenvalue weighted by Gasteiger charge is -1.73. The molecule has 0 unspecified atom stereocenters. The van der Waals surface area contributed by atoms with Crippen molar-refractivity contribution in [1.29, 1.82) is 0 Å². The third kappa shape index (κ3) is 0.885. The van der Waals surface area contributed by atoms with Crippen molar-refractivity contribution < 1.29 is 0 Å². The van der Waals surface area contributed by atoms with E-state index in [1.165, 1.54) is 0 Å². The molecule has 0 bridgehead atoms. The van der Waals surface area contributed by atoms with Crippen LogP contribution in [0.15, 0.2) is 21.4 Å². The summed E-state index contributed by atoms with van der Waals surface area (Å²) in [6.45, 7) is 0.712. The Morgan fingerprint density at radius 3 is 3.50 bits per heavy atom. The van der Waals surface area contributed by atoms with E-state index < -0.39 is 0 Å². The highest BCUT2D eigenvalue weighted by Gasteiger charge is 1.88. The van der Waals surface area contributed by atoms with Crippen LogP contribution in [0.3, 0.4) is 0 Å². The summed E-state index contributed by atoms with van der Waals surface area (Å²) in [7, 11) is 0. The summed E-state index contributed by atoms with van der Waals surface area (Å²) in [4.78, 5) is 8.33. The maximum absolute atomic E-state index is 4.28. The Morgan fingerprint density at radius 1 is 1.50 bits per heavy atom. The average Bonchev–Trinajstić information content (AvgIpc) is 2.28. The molecule has 50 valence electrons. The molecule has 0 saturated carbocycles. The van der Waals surface area contributed by atoms with Crippen LogP contribution < -0.4 is 9.89 Å². The highest BCUT2D eigenvalue weighted by Crippen LogP contribution is 1.83. The van der Waals surface area contributed by atoms with Gasteiger partial charge in [-0.1, -0.05) is 0 Å². The Hall–Kier alpha value is -0.960. The van der Waals surface area contributed by atoms with Crippen LogP contribution in [0, 0.1) is 0 Å². The monoisotopic (exact) mass is 150 g/mol. The summed E-state index contributed by atoms with van der Waals surface area (Å²) >= 11 is 1.66. The summed E-state index contributed by atoms with van der Waals surface area (Å²) in [6, 6.07) is 2.03. The van der Waals surface area contributed by atoms with Gasteiger partial charge in [-0.05, 0) is 11.4 Å². The lowest BCUT2D eigenvalue weighted by Crippen LogP contribution is -2.16. The van der Waals surface area contributed by atoms with Crippen LogP contribution in [-0.4, -0.2) is 12.8 Å². The minimum Gasteiger partial charge on any atom is -0.268 e. The van der Waals surface area contributed by atoms with Crippen LogP contribution in [0.4, 0.5) is 0 Å². The van der Waals surface area contributed by atoms with Crippen LogP contribution >= 0.6 is 11.3 Å². The van der Waals surface area contributed by atoms with Gasteiger partial charge in [-0.3, -0.25) is 9.98 Å². The molecule has 0 amide bonds. The number of nitrogens with zero attached hydrogens (tertiary/aromatic N) is 2. The molecule has 0 N–H and O–H groups in total. The van der Waals surface area contributed by atoms with E-state index in [9.17, 15) is 0 Å². The van der Waals surface area contributed by atoms with Crippen molar-refractivity contribution in [1.82, 2.24) is 0 Å².